The molecule has 0 radical (unpaired) electrons. The number of ether oxygens (including phenoxy) is 2. The molecular weight excluding hydrogens is 536 g/mol. The lowest BCUT2D eigenvalue weighted by Crippen LogP contribution is -2.28. The van der Waals surface area contributed by atoms with Gasteiger partial charge in [-0.3, -0.25) is 9.59 Å². The molecule has 0 aliphatic heterocycles. The summed E-state index contributed by atoms with van der Waals surface area (Å²) in [4.78, 5) is 24.2. The first kappa shape index (κ1) is 41.1. The molecule has 0 aliphatic carbocycles. The van der Waals surface area contributed by atoms with Gasteiger partial charge >= 0.3 is 11.9 Å². The standard InChI is InChI=1S/C38H68O5/c1-3-5-7-9-11-13-15-17-18-19-20-21-23-25-27-29-31-33-38(41)43-36(34-39)35-42-37(40)32-30-28-26-24-22-16-14-12-10-8-6-4-2/h5,7,11,13,17-18,36,39H,3-4,6,8-10,12,14-16,19-35H2,1-2H3/b7-5-,13-11-,18-17-. The van der Waals surface area contributed by atoms with Gasteiger partial charge in [0.1, 0.15) is 6.61 Å². The topological polar surface area (TPSA) is 72.8 Å². The van der Waals surface area contributed by atoms with E-state index >= 15 is 0 Å². The van der Waals surface area contributed by atoms with Gasteiger partial charge < -0.3 is 14.6 Å². The van der Waals surface area contributed by atoms with Gasteiger partial charge in [-0.25, -0.2) is 0 Å². The van der Waals surface area contributed by atoms with E-state index in [1.54, 1.807) is 0 Å². The van der Waals surface area contributed by atoms with Crippen molar-refractivity contribution in [2.45, 2.75) is 180 Å². The van der Waals surface area contributed by atoms with Gasteiger partial charge in [0.15, 0.2) is 6.10 Å². The largest absolute Gasteiger partial charge is 0.462 e. The summed E-state index contributed by atoms with van der Waals surface area (Å²) in [6, 6.07) is 0. The third-order valence-corrected chi connectivity index (χ3v) is 7.70. The predicted octanol–water partition coefficient (Wildman–Crippen LogP) is 10.9. The Kier molecular flexibility index (Phi) is 33.1. The number of carbonyl (C=O) groups excluding carboxylic acids is 2. The molecular formula is C38H68O5. The molecule has 0 bridgehead atoms. The van der Waals surface area contributed by atoms with Crippen LogP contribution in [0.5, 0.6) is 0 Å². The number of carbonyl (C=O) groups is 2. The summed E-state index contributed by atoms with van der Waals surface area (Å²) in [5, 5.41) is 9.52. The maximum atomic E-state index is 12.1. The molecule has 43 heavy (non-hydrogen) atoms. The minimum atomic E-state index is -0.772. The molecule has 5 heteroatoms. The lowest BCUT2D eigenvalue weighted by atomic mass is 10.0. The van der Waals surface area contributed by atoms with Gasteiger partial charge in [-0.15, -0.1) is 0 Å². The van der Waals surface area contributed by atoms with Crippen molar-refractivity contribution < 1.29 is 24.2 Å². The number of esters is 2. The fourth-order valence-corrected chi connectivity index (χ4v) is 4.98. The van der Waals surface area contributed by atoms with Gasteiger partial charge in [-0.1, -0.05) is 153 Å². The molecule has 0 saturated heterocycles. The fourth-order valence-electron chi connectivity index (χ4n) is 4.98. The minimum Gasteiger partial charge on any atom is -0.462 e. The lowest BCUT2D eigenvalue weighted by Gasteiger charge is -2.15. The zero-order valence-corrected chi connectivity index (χ0v) is 28.2. The normalized spacial score (nSPS) is 12.5. The van der Waals surface area contributed by atoms with E-state index in [4.69, 9.17) is 9.47 Å². The van der Waals surface area contributed by atoms with Crippen LogP contribution >= 0.6 is 0 Å². The van der Waals surface area contributed by atoms with Crippen LogP contribution in [0.2, 0.25) is 0 Å². The Bertz CT molecular complexity index is 696. The van der Waals surface area contributed by atoms with Crippen molar-refractivity contribution in [1.82, 2.24) is 0 Å². The number of allylic oxidation sites excluding steroid dienone is 6. The Labute approximate surface area is 266 Å². The van der Waals surface area contributed by atoms with Gasteiger partial charge in [0.25, 0.3) is 0 Å². The Morgan fingerprint density at radius 2 is 1.00 bits per heavy atom. The number of unbranched alkanes of at least 4 members (excludes halogenated alkanes) is 18. The average Bonchev–Trinajstić information content (AvgIpc) is 3.01. The summed E-state index contributed by atoms with van der Waals surface area (Å²) >= 11 is 0. The molecule has 0 aromatic carbocycles. The fraction of sp³-hybridized carbons (Fsp3) is 0.789. The first-order chi connectivity index (χ1) is 21.1. The van der Waals surface area contributed by atoms with E-state index in [0.29, 0.717) is 12.8 Å². The summed E-state index contributed by atoms with van der Waals surface area (Å²) < 4.78 is 10.6. The number of aliphatic hydroxyl groups excluding tert-OH is 1. The van der Waals surface area contributed by atoms with Crippen LogP contribution in [0.3, 0.4) is 0 Å². The second-order valence-electron chi connectivity index (χ2n) is 11.9. The van der Waals surface area contributed by atoms with Gasteiger partial charge in [-0.2, -0.15) is 0 Å². The number of hydrogen-bond donors (Lipinski definition) is 1. The Morgan fingerprint density at radius 3 is 1.51 bits per heavy atom. The maximum absolute atomic E-state index is 12.1. The third-order valence-electron chi connectivity index (χ3n) is 7.70. The van der Waals surface area contributed by atoms with Crippen LogP contribution in [0.25, 0.3) is 0 Å². The van der Waals surface area contributed by atoms with Crippen LogP contribution in [0.1, 0.15) is 174 Å². The van der Waals surface area contributed by atoms with Gasteiger partial charge in [0.2, 0.25) is 0 Å². The predicted molar refractivity (Wildman–Crippen MR) is 182 cm³/mol. The smallest absolute Gasteiger partial charge is 0.306 e. The molecule has 5 nitrogen and oxygen atoms in total. The van der Waals surface area contributed by atoms with E-state index in [-0.39, 0.29) is 25.2 Å². The minimum absolute atomic E-state index is 0.0676. The highest BCUT2D eigenvalue weighted by Gasteiger charge is 2.16. The second-order valence-corrected chi connectivity index (χ2v) is 11.9. The zero-order valence-electron chi connectivity index (χ0n) is 28.2. The molecule has 0 heterocycles. The van der Waals surface area contributed by atoms with E-state index in [2.05, 4.69) is 50.3 Å². The van der Waals surface area contributed by atoms with Crippen molar-refractivity contribution >= 4 is 11.9 Å². The molecule has 1 atom stereocenters. The van der Waals surface area contributed by atoms with Crippen LogP contribution < -0.4 is 0 Å². The third kappa shape index (κ3) is 32.9. The van der Waals surface area contributed by atoms with Gasteiger partial charge in [-0.05, 0) is 44.9 Å². The highest BCUT2D eigenvalue weighted by atomic mass is 16.6. The average molecular weight is 605 g/mol. The van der Waals surface area contributed by atoms with Crippen molar-refractivity contribution in [3.05, 3.63) is 36.5 Å². The summed E-state index contributed by atoms with van der Waals surface area (Å²) in [5.41, 5.74) is 0. The van der Waals surface area contributed by atoms with Gasteiger partial charge in [0.05, 0.1) is 6.61 Å². The summed E-state index contributed by atoms with van der Waals surface area (Å²) in [6.45, 7) is 4.01. The number of rotatable bonds is 32. The van der Waals surface area contributed by atoms with E-state index < -0.39 is 6.10 Å². The van der Waals surface area contributed by atoms with Crippen molar-refractivity contribution in [1.29, 1.82) is 0 Å². The van der Waals surface area contributed by atoms with Crippen molar-refractivity contribution in [3.63, 3.8) is 0 Å². The van der Waals surface area contributed by atoms with E-state index in [1.165, 1.54) is 83.5 Å². The maximum Gasteiger partial charge on any atom is 0.306 e. The van der Waals surface area contributed by atoms with Crippen LogP contribution in [0.15, 0.2) is 36.5 Å². The summed E-state index contributed by atoms with van der Waals surface area (Å²) in [7, 11) is 0. The Balaban J connectivity index is 3.58. The number of hydrogen-bond acceptors (Lipinski definition) is 5. The Hall–Kier alpha value is -1.88. The van der Waals surface area contributed by atoms with Crippen molar-refractivity contribution in [2.24, 2.45) is 0 Å². The van der Waals surface area contributed by atoms with Crippen LogP contribution in [-0.2, 0) is 19.1 Å². The molecule has 0 amide bonds. The number of aliphatic hydroxyl groups is 1. The summed E-state index contributed by atoms with van der Waals surface area (Å²) in [6.07, 6.45) is 40.5. The molecule has 250 valence electrons. The molecule has 1 unspecified atom stereocenters. The summed E-state index contributed by atoms with van der Waals surface area (Å²) in [5.74, 6) is -0.601. The molecule has 0 aliphatic rings. The second kappa shape index (κ2) is 34.6. The van der Waals surface area contributed by atoms with Crippen LogP contribution in [-0.4, -0.2) is 36.4 Å². The molecule has 0 aromatic rings. The monoisotopic (exact) mass is 605 g/mol. The van der Waals surface area contributed by atoms with E-state index in [9.17, 15) is 14.7 Å². The van der Waals surface area contributed by atoms with Crippen LogP contribution in [0, 0.1) is 0 Å². The quantitative estimate of drug-likeness (QED) is 0.0470. The van der Waals surface area contributed by atoms with Crippen molar-refractivity contribution in [2.75, 3.05) is 13.2 Å². The molecule has 1 N–H and O–H groups in total. The van der Waals surface area contributed by atoms with Crippen molar-refractivity contribution in [3.8, 4) is 0 Å². The SMILES string of the molecule is CC/C=C\C/C=C\C/C=C\CCCCCCCCCC(=O)OC(CO)COC(=O)CCCCCCCCCCCCCC. The highest BCUT2D eigenvalue weighted by molar-refractivity contribution is 5.70. The molecule has 0 saturated carbocycles. The van der Waals surface area contributed by atoms with E-state index in [1.807, 2.05) is 0 Å². The molecule has 0 rings (SSSR count). The lowest BCUT2D eigenvalue weighted by molar-refractivity contribution is -0.161. The molecule has 0 fully saturated rings. The Morgan fingerprint density at radius 1 is 0.558 bits per heavy atom. The highest BCUT2D eigenvalue weighted by Crippen LogP contribution is 2.13. The van der Waals surface area contributed by atoms with Crippen LogP contribution in [0.4, 0.5) is 0 Å². The van der Waals surface area contributed by atoms with E-state index in [0.717, 1.165) is 64.2 Å². The molecule has 0 aromatic heterocycles. The zero-order chi connectivity index (χ0) is 31.5. The molecule has 0 spiro atoms. The van der Waals surface area contributed by atoms with Gasteiger partial charge in [0, 0.05) is 12.8 Å². The first-order valence-corrected chi connectivity index (χ1v) is 18.0. The first-order valence-electron chi connectivity index (χ1n) is 18.0.